The van der Waals surface area contributed by atoms with Gasteiger partial charge in [0.25, 0.3) is 5.56 Å². The Kier molecular flexibility index (Phi) is 3.63. The molecule has 0 saturated heterocycles. The van der Waals surface area contributed by atoms with Gasteiger partial charge in [0.1, 0.15) is 0 Å². The van der Waals surface area contributed by atoms with E-state index in [1.807, 2.05) is 36.4 Å². The summed E-state index contributed by atoms with van der Waals surface area (Å²) in [5.74, 6) is 0. The van der Waals surface area contributed by atoms with Gasteiger partial charge in [0.05, 0.1) is 18.2 Å². The number of nitriles is 1. The van der Waals surface area contributed by atoms with Crippen molar-refractivity contribution in [1.82, 2.24) is 4.57 Å². The van der Waals surface area contributed by atoms with Gasteiger partial charge in [0.2, 0.25) is 0 Å². The highest BCUT2D eigenvalue weighted by atomic mass is 79.9. The van der Waals surface area contributed by atoms with Crippen molar-refractivity contribution >= 4 is 15.9 Å². The molecule has 0 bridgehead atoms. The zero-order chi connectivity index (χ0) is 13.1. The van der Waals surface area contributed by atoms with Gasteiger partial charge < -0.3 is 4.57 Å². The lowest BCUT2D eigenvalue weighted by atomic mass is 10.1. The van der Waals surface area contributed by atoms with E-state index >= 15 is 0 Å². The number of aromatic nitrogens is 1. The summed E-state index contributed by atoms with van der Waals surface area (Å²) < 4.78 is 2.58. The third kappa shape index (κ3) is 2.36. The standard InChI is InChI=1S/C14H11BrN2O/c1-17-13(10-2-5-12(15)6-3-10)7-4-11(8-9-16)14(17)18/h2-7H,8H2,1H3. The van der Waals surface area contributed by atoms with Crippen LogP contribution in [-0.4, -0.2) is 4.57 Å². The summed E-state index contributed by atoms with van der Waals surface area (Å²) in [6, 6.07) is 13.4. The van der Waals surface area contributed by atoms with E-state index in [0.29, 0.717) is 5.56 Å². The van der Waals surface area contributed by atoms with Crippen LogP contribution in [0.4, 0.5) is 0 Å². The second kappa shape index (κ2) is 5.19. The van der Waals surface area contributed by atoms with Crippen molar-refractivity contribution in [1.29, 1.82) is 5.26 Å². The van der Waals surface area contributed by atoms with Gasteiger partial charge in [-0.2, -0.15) is 5.26 Å². The Labute approximate surface area is 113 Å². The molecule has 0 N–H and O–H groups in total. The molecular weight excluding hydrogens is 292 g/mol. The lowest BCUT2D eigenvalue weighted by Crippen LogP contribution is -2.21. The molecule has 90 valence electrons. The molecule has 0 fully saturated rings. The fraction of sp³-hybridized carbons (Fsp3) is 0.143. The van der Waals surface area contributed by atoms with Gasteiger partial charge in [0.15, 0.2) is 0 Å². The molecule has 0 radical (unpaired) electrons. The Morgan fingerprint density at radius 2 is 1.89 bits per heavy atom. The number of benzene rings is 1. The first kappa shape index (κ1) is 12.6. The summed E-state index contributed by atoms with van der Waals surface area (Å²) in [7, 11) is 1.72. The summed E-state index contributed by atoms with van der Waals surface area (Å²) >= 11 is 3.38. The molecule has 0 unspecified atom stereocenters. The maximum atomic E-state index is 12.0. The van der Waals surface area contributed by atoms with Gasteiger partial charge in [-0.3, -0.25) is 4.79 Å². The van der Waals surface area contributed by atoms with Gasteiger partial charge in [0, 0.05) is 17.1 Å². The third-order valence-electron chi connectivity index (χ3n) is 2.79. The molecule has 3 nitrogen and oxygen atoms in total. The SMILES string of the molecule is Cn1c(-c2ccc(Br)cc2)ccc(CC#N)c1=O. The van der Waals surface area contributed by atoms with Crippen LogP contribution in [0.2, 0.25) is 0 Å². The number of hydrogen-bond donors (Lipinski definition) is 0. The van der Waals surface area contributed by atoms with Crippen LogP contribution in [0.3, 0.4) is 0 Å². The normalized spacial score (nSPS) is 10.1. The Balaban J connectivity index is 2.54. The van der Waals surface area contributed by atoms with E-state index in [1.54, 1.807) is 17.7 Å². The maximum Gasteiger partial charge on any atom is 0.255 e. The topological polar surface area (TPSA) is 45.8 Å². The van der Waals surface area contributed by atoms with E-state index in [9.17, 15) is 4.79 Å². The largest absolute Gasteiger partial charge is 0.311 e. The Morgan fingerprint density at radius 1 is 1.22 bits per heavy atom. The molecule has 0 aliphatic rings. The highest BCUT2D eigenvalue weighted by Crippen LogP contribution is 2.20. The van der Waals surface area contributed by atoms with Gasteiger partial charge in [-0.15, -0.1) is 0 Å². The number of hydrogen-bond acceptors (Lipinski definition) is 2. The van der Waals surface area contributed by atoms with E-state index in [4.69, 9.17) is 5.26 Å². The summed E-state index contributed by atoms with van der Waals surface area (Å²) in [5, 5.41) is 8.65. The van der Waals surface area contributed by atoms with Crippen LogP contribution in [0.15, 0.2) is 45.7 Å². The van der Waals surface area contributed by atoms with E-state index in [2.05, 4.69) is 15.9 Å². The average Bonchev–Trinajstić information content (AvgIpc) is 2.37. The minimum Gasteiger partial charge on any atom is -0.311 e. The third-order valence-corrected chi connectivity index (χ3v) is 3.32. The van der Waals surface area contributed by atoms with E-state index in [-0.39, 0.29) is 12.0 Å². The lowest BCUT2D eigenvalue weighted by molar-refractivity contribution is 0.852. The maximum absolute atomic E-state index is 12.0. The second-order valence-corrected chi connectivity index (χ2v) is 4.87. The van der Waals surface area contributed by atoms with Gasteiger partial charge in [-0.1, -0.05) is 34.1 Å². The molecular formula is C14H11BrN2O. The first-order valence-corrected chi connectivity index (χ1v) is 6.24. The van der Waals surface area contributed by atoms with Gasteiger partial charge in [-0.25, -0.2) is 0 Å². The van der Waals surface area contributed by atoms with E-state index in [1.165, 1.54) is 0 Å². The molecule has 1 aromatic heterocycles. The molecule has 2 aromatic rings. The molecule has 0 aliphatic heterocycles. The molecule has 1 heterocycles. The Bertz CT molecular complexity index is 666. The second-order valence-electron chi connectivity index (χ2n) is 3.95. The lowest BCUT2D eigenvalue weighted by Gasteiger charge is -2.09. The molecule has 1 aromatic carbocycles. The summed E-state index contributed by atoms with van der Waals surface area (Å²) in [6.45, 7) is 0. The highest BCUT2D eigenvalue weighted by Gasteiger charge is 2.07. The van der Waals surface area contributed by atoms with E-state index < -0.39 is 0 Å². The number of rotatable bonds is 2. The van der Waals surface area contributed by atoms with Gasteiger partial charge in [-0.05, 0) is 23.8 Å². The van der Waals surface area contributed by atoms with Crippen molar-refractivity contribution in [3.8, 4) is 17.3 Å². The number of pyridine rings is 1. The molecule has 18 heavy (non-hydrogen) atoms. The van der Waals surface area contributed by atoms with Crippen molar-refractivity contribution in [2.24, 2.45) is 7.05 Å². The summed E-state index contributed by atoms with van der Waals surface area (Å²) in [5.41, 5.74) is 2.23. The van der Waals surface area contributed by atoms with Crippen molar-refractivity contribution in [3.05, 3.63) is 56.8 Å². The molecule has 0 saturated carbocycles. The first-order chi connectivity index (χ1) is 8.63. The molecule has 0 atom stereocenters. The molecule has 0 aliphatic carbocycles. The molecule has 4 heteroatoms. The predicted octanol–water partition coefficient (Wildman–Crippen LogP) is 2.88. The fourth-order valence-corrected chi connectivity index (χ4v) is 2.08. The van der Waals surface area contributed by atoms with Crippen molar-refractivity contribution in [2.45, 2.75) is 6.42 Å². The minimum absolute atomic E-state index is 0.114. The van der Waals surface area contributed by atoms with Crippen molar-refractivity contribution in [3.63, 3.8) is 0 Å². The monoisotopic (exact) mass is 302 g/mol. The average molecular weight is 303 g/mol. The quantitative estimate of drug-likeness (QED) is 0.856. The minimum atomic E-state index is -0.114. The van der Waals surface area contributed by atoms with Crippen LogP contribution in [0.1, 0.15) is 5.56 Å². The van der Waals surface area contributed by atoms with Crippen LogP contribution in [0.5, 0.6) is 0 Å². The summed E-state index contributed by atoms with van der Waals surface area (Å²) in [6.07, 6.45) is 0.146. The zero-order valence-electron chi connectivity index (χ0n) is 9.85. The van der Waals surface area contributed by atoms with Crippen LogP contribution in [0.25, 0.3) is 11.3 Å². The smallest absolute Gasteiger partial charge is 0.255 e. The molecule has 0 amide bonds. The Hall–Kier alpha value is -1.86. The predicted molar refractivity (Wildman–Crippen MR) is 74.1 cm³/mol. The van der Waals surface area contributed by atoms with E-state index in [0.717, 1.165) is 15.7 Å². The fourth-order valence-electron chi connectivity index (χ4n) is 1.82. The van der Waals surface area contributed by atoms with Crippen LogP contribution >= 0.6 is 15.9 Å². The van der Waals surface area contributed by atoms with Crippen LogP contribution in [0, 0.1) is 11.3 Å². The summed E-state index contributed by atoms with van der Waals surface area (Å²) in [4.78, 5) is 12.0. The highest BCUT2D eigenvalue weighted by molar-refractivity contribution is 9.10. The molecule has 2 rings (SSSR count). The van der Waals surface area contributed by atoms with Crippen LogP contribution in [-0.2, 0) is 13.5 Å². The molecule has 0 spiro atoms. The van der Waals surface area contributed by atoms with Gasteiger partial charge >= 0.3 is 0 Å². The first-order valence-electron chi connectivity index (χ1n) is 5.45. The number of nitrogens with zero attached hydrogens (tertiary/aromatic N) is 2. The number of halogens is 1. The van der Waals surface area contributed by atoms with Crippen LogP contribution < -0.4 is 5.56 Å². The van der Waals surface area contributed by atoms with Crippen molar-refractivity contribution < 1.29 is 0 Å². The van der Waals surface area contributed by atoms with Crippen molar-refractivity contribution in [2.75, 3.05) is 0 Å². The zero-order valence-corrected chi connectivity index (χ0v) is 11.4. The Morgan fingerprint density at radius 3 is 2.50 bits per heavy atom.